The molecule has 2 aromatic heterocycles. The Morgan fingerprint density at radius 2 is 2.00 bits per heavy atom. The Hall–Kier alpha value is -2.58. The third-order valence-corrected chi connectivity index (χ3v) is 7.12. The molecule has 0 bridgehead atoms. The number of aryl methyl sites for hydroxylation is 2. The molecular formula is C23H26N2O4S2. The summed E-state index contributed by atoms with van der Waals surface area (Å²) in [6.07, 6.45) is 0. The fourth-order valence-corrected chi connectivity index (χ4v) is 5.17. The highest BCUT2D eigenvalue weighted by Gasteiger charge is 2.24. The Labute approximate surface area is 190 Å². The first kappa shape index (κ1) is 23.1. The molecule has 0 saturated heterocycles. The lowest BCUT2D eigenvalue weighted by molar-refractivity contribution is -0.115. The van der Waals surface area contributed by atoms with E-state index in [1.807, 2.05) is 52.0 Å². The number of esters is 1. The van der Waals surface area contributed by atoms with E-state index in [-0.39, 0.29) is 12.5 Å². The predicted octanol–water partition coefficient (Wildman–Crippen LogP) is 5.53. The summed E-state index contributed by atoms with van der Waals surface area (Å²) in [4.78, 5) is 31.0. The van der Waals surface area contributed by atoms with E-state index in [0.29, 0.717) is 16.3 Å². The van der Waals surface area contributed by atoms with Gasteiger partial charge in [-0.15, -0.1) is 11.3 Å². The van der Waals surface area contributed by atoms with E-state index in [2.05, 4.69) is 5.32 Å². The lowest BCUT2D eigenvalue weighted by Crippen LogP contribution is -2.23. The molecule has 0 saturated carbocycles. The van der Waals surface area contributed by atoms with Crippen LogP contribution in [0.5, 0.6) is 5.75 Å². The van der Waals surface area contributed by atoms with Crippen LogP contribution in [0.4, 0.5) is 5.00 Å². The van der Waals surface area contributed by atoms with Crippen LogP contribution >= 0.6 is 23.1 Å². The summed E-state index contributed by atoms with van der Waals surface area (Å²) in [6.45, 7) is 9.66. The van der Waals surface area contributed by atoms with Gasteiger partial charge in [-0.25, -0.2) is 9.78 Å². The summed E-state index contributed by atoms with van der Waals surface area (Å²) in [7, 11) is 1.62. The van der Waals surface area contributed by atoms with E-state index in [1.54, 1.807) is 14.0 Å². The first-order chi connectivity index (χ1) is 14.8. The minimum absolute atomic E-state index is 0.198. The maximum absolute atomic E-state index is 12.9. The zero-order chi connectivity index (χ0) is 22.7. The number of rotatable bonds is 7. The average molecular weight is 459 g/mol. The maximum Gasteiger partial charge on any atom is 0.341 e. The number of ether oxygens (including phenoxy) is 2. The van der Waals surface area contributed by atoms with Crippen molar-refractivity contribution in [2.45, 2.75) is 44.9 Å². The largest absolute Gasteiger partial charge is 0.494 e. The van der Waals surface area contributed by atoms with Crippen molar-refractivity contribution in [3.05, 3.63) is 45.8 Å². The van der Waals surface area contributed by atoms with Gasteiger partial charge in [-0.3, -0.25) is 4.79 Å². The fraction of sp³-hybridized carbons (Fsp3) is 0.348. The zero-order valence-corrected chi connectivity index (χ0v) is 20.1. The van der Waals surface area contributed by atoms with Crippen LogP contribution in [0.2, 0.25) is 0 Å². The number of anilines is 1. The molecule has 1 N–H and O–H groups in total. The van der Waals surface area contributed by atoms with E-state index in [9.17, 15) is 9.59 Å². The number of aromatic nitrogens is 1. The Balaban J connectivity index is 1.82. The predicted molar refractivity (Wildman–Crippen MR) is 127 cm³/mol. The monoisotopic (exact) mass is 458 g/mol. The van der Waals surface area contributed by atoms with Crippen LogP contribution in [0.15, 0.2) is 29.3 Å². The quantitative estimate of drug-likeness (QED) is 0.371. The molecular weight excluding hydrogens is 432 g/mol. The van der Waals surface area contributed by atoms with Crippen molar-refractivity contribution in [1.82, 2.24) is 4.98 Å². The standard InChI is InChI=1S/C23H26N2O4S2/c1-7-29-23(27)19-13(3)14(4)31-22(19)25-21(26)15(5)30-18-11-12(2)16-9-8-10-17(28-6)20(16)24-18/h8-11,15H,7H2,1-6H3,(H,25,26). The van der Waals surface area contributed by atoms with Gasteiger partial charge in [0.25, 0.3) is 0 Å². The van der Waals surface area contributed by atoms with Crippen LogP contribution in [0, 0.1) is 20.8 Å². The highest BCUT2D eigenvalue weighted by molar-refractivity contribution is 8.00. The molecule has 0 aliphatic rings. The fourth-order valence-electron chi connectivity index (χ4n) is 3.20. The number of nitrogens with one attached hydrogen (secondary N) is 1. The third-order valence-electron chi connectivity index (χ3n) is 4.97. The molecule has 0 spiro atoms. The molecule has 164 valence electrons. The molecule has 0 fully saturated rings. The number of hydrogen-bond donors (Lipinski definition) is 1. The highest BCUT2D eigenvalue weighted by Crippen LogP contribution is 2.35. The van der Waals surface area contributed by atoms with Crippen LogP contribution < -0.4 is 10.1 Å². The summed E-state index contributed by atoms with van der Waals surface area (Å²) >= 11 is 2.75. The van der Waals surface area contributed by atoms with Gasteiger partial charge in [0.05, 0.1) is 29.6 Å². The van der Waals surface area contributed by atoms with Crippen LogP contribution in [0.1, 0.15) is 40.2 Å². The van der Waals surface area contributed by atoms with Gasteiger partial charge in [-0.2, -0.15) is 0 Å². The number of benzene rings is 1. The van der Waals surface area contributed by atoms with Crippen molar-refractivity contribution >= 4 is 50.9 Å². The van der Waals surface area contributed by atoms with Crippen molar-refractivity contribution in [2.24, 2.45) is 0 Å². The molecule has 6 nitrogen and oxygen atoms in total. The van der Waals surface area contributed by atoms with Crippen LogP contribution in [0.3, 0.4) is 0 Å². The van der Waals surface area contributed by atoms with Crippen LogP contribution in [-0.4, -0.2) is 35.8 Å². The second-order valence-corrected chi connectivity index (χ2v) is 9.68. The Morgan fingerprint density at radius 1 is 1.26 bits per heavy atom. The normalized spacial score (nSPS) is 11.9. The first-order valence-corrected chi connectivity index (χ1v) is 11.6. The average Bonchev–Trinajstić information content (AvgIpc) is 3.00. The van der Waals surface area contributed by atoms with Crippen molar-refractivity contribution in [3.63, 3.8) is 0 Å². The lowest BCUT2D eigenvalue weighted by Gasteiger charge is -2.14. The molecule has 1 atom stereocenters. The Morgan fingerprint density at radius 3 is 2.68 bits per heavy atom. The minimum Gasteiger partial charge on any atom is -0.494 e. The van der Waals surface area contributed by atoms with Gasteiger partial charge in [-0.05, 0) is 57.9 Å². The molecule has 1 amide bonds. The van der Waals surface area contributed by atoms with Crippen molar-refractivity contribution in [1.29, 1.82) is 0 Å². The molecule has 3 aromatic rings. The molecule has 31 heavy (non-hydrogen) atoms. The van der Waals surface area contributed by atoms with Gasteiger partial charge in [-0.1, -0.05) is 23.9 Å². The van der Waals surface area contributed by atoms with Crippen molar-refractivity contribution in [2.75, 3.05) is 19.0 Å². The van der Waals surface area contributed by atoms with Crippen LogP contribution in [0.25, 0.3) is 10.9 Å². The second kappa shape index (κ2) is 9.70. The van der Waals surface area contributed by atoms with Gasteiger partial charge in [0, 0.05) is 10.3 Å². The zero-order valence-electron chi connectivity index (χ0n) is 18.5. The Kier molecular flexibility index (Phi) is 7.23. The van der Waals surface area contributed by atoms with E-state index >= 15 is 0 Å². The summed E-state index contributed by atoms with van der Waals surface area (Å²) in [5, 5.41) is 4.77. The molecule has 8 heteroatoms. The van der Waals surface area contributed by atoms with Gasteiger partial charge >= 0.3 is 5.97 Å². The van der Waals surface area contributed by atoms with Gasteiger partial charge in [0.15, 0.2) is 0 Å². The molecule has 2 heterocycles. The maximum atomic E-state index is 12.9. The number of carbonyl (C=O) groups is 2. The summed E-state index contributed by atoms with van der Waals surface area (Å²) < 4.78 is 10.6. The smallest absolute Gasteiger partial charge is 0.341 e. The number of methoxy groups -OCH3 is 1. The number of hydrogen-bond acceptors (Lipinski definition) is 7. The number of nitrogens with zero attached hydrogens (tertiary/aromatic N) is 1. The molecule has 1 aromatic carbocycles. The van der Waals surface area contributed by atoms with Gasteiger partial charge in [0.1, 0.15) is 16.3 Å². The molecule has 0 aliphatic heterocycles. The number of fused-ring (bicyclic) bond motifs is 1. The number of carbonyl (C=O) groups excluding carboxylic acids is 2. The van der Waals surface area contributed by atoms with Crippen molar-refractivity contribution in [3.8, 4) is 5.75 Å². The van der Waals surface area contributed by atoms with Crippen molar-refractivity contribution < 1.29 is 19.1 Å². The first-order valence-electron chi connectivity index (χ1n) is 9.95. The molecule has 1 unspecified atom stereocenters. The highest BCUT2D eigenvalue weighted by atomic mass is 32.2. The van der Waals surface area contributed by atoms with Gasteiger partial charge in [0.2, 0.25) is 5.91 Å². The number of thiophene rings is 1. The Bertz CT molecular complexity index is 1140. The topological polar surface area (TPSA) is 77.5 Å². The summed E-state index contributed by atoms with van der Waals surface area (Å²) in [5.41, 5.74) is 3.10. The van der Waals surface area contributed by atoms with Gasteiger partial charge < -0.3 is 14.8 Å². The summed E-state index contributed by atoms with van der Waals surface area (Å²) in [6, 6.07) is 7.78. The SMILES string of the molecule is CCOC(=O)c1c(NC(=O)C(C)Sc2cc(C)c3cccc(OC)c3n2)sc(C)c1C. The molecule has 0 radical (unpaired) electrons. The number of para-hydroxylation sites is 1. The van der Waals surface area contributed by atoms with E-state index in [0.717, 1.165) is 31.9 Å². The second-order valence-electron chi connectivity index (χ2n) is 7.09. The lowest BCUT2D eigenvalue weighted by atomic mass is 10.1. The van der Waals surface area contributed by atoms with E-state index in [4.69, 9.17) is 14.5 Å². The third kappa shape index (κ3) is 4.85. The number of thioether (sulfide) groups is 1. The number of pyridine rings is 1. The van der Waals surface area contributed by atoms with Crippen LogP contribution in [-0.2, 0) is 9.53 Å². The summed E-state index contributed by atoms with van der Waals surface area (Å²) in [5.74, 6) is 0.0824. The number of amides is 1. The molecule has 0 aliphatic carbocycles. The van der Waals surface area contributed by atoms with E-state index in [1.165, 1.54) is 23.1 Å². The van der Waals surface area contributed by atoms with E-state index < -0.39 is 11.2 Å². The molecule has 3 rings (SSSR count). The minimum atomic E-state index is -0.420.